The molecule has 0 saturated heterocycles. The first-order valence-electron chi connectivity index (χ1n) is 8.79. The van der Waals surface area contributed by atoms with Crippen LogP contribution in [0.1, 0.15) is 23.7 Å². The number of benzene rings is 2. The van der Waals surface area contributed by atoms with Gasteiger partial charge in [-0.25, -0.2) is 14.3 Å². The van der Waals surface area contributed by atoms with Crippen molar-refractivity contribution in [3.05, 3.63) is 75.3 Å². The van der Waals surface area contributed by atoms with E-state index in [2.05, 4.69) is 11.1 Å². The van der Waals surface area contributed by atoms with Crippen LogP contribution in [0.2, 0.25) is 10.0 Å². The molecule has 0 radical (unpaired) electrons. The number of carbonyl (C=O) groups is 1. The van der Waals surface area contributed by atoms with Crippen molar-refractivity contribution >= 4 is 40.7 Å². The highest BCUT2D eigenvalue weighted by molar-refractivity contribution is 6.35. The maximum absolute atomic E-state index is 13.9. The van der Waals surface area contributed by atoms with E-state index in [1.807, 2.05) is 30.5 Å². The zero-order valence-electron chi connectivity index (χ0n) is 15.6. The second kappa shape index (κ2) is 6.87. The summed E-state index contributed by atoms with van der Waals surface area (Å²) in [7, 11) is 0. The molecule has 1 aliphatic heterocycles. The molecule has 2 aromatic carbocycles. The van der Waals surface area contributed by atoms with Crippen molar-refractivity contribution in [2.45, 2.75) is 25.8 Å². The fraction of sp³-hybridized carbons (Fsp3) is 0.190. The van der Waals surface area contributed by atoms with Crippen LogP contribution >= 0.6 is 23.2 Å². The number of aryl methyl sites for hydroxylation is 1. The van der Waals surface area contributed by atoms with Gasteiger partial charge in [-0.05, 0) is 43.7 Å². The maximum atomic E-state index is 13.9. The minimum absolute atomic E-state index is 0.171. The molecule has 1 unspecified atom stereocenters. The molecule has 3 aromatic rings. The van der Waals surface area contributed by atoms with Gasteiger partial charge in [0.05, 0.1) is 33.6 Å². The quantitative estimate of drug-likeness (QED) is 0.542. The van der Waals surface area contributed by atoms with E-state index < -0.39 is 11.4 Å². The molecule has 2 heterocycles. The van der Waals surface area contributed by atoms with Crippen LogP contribution < -0.4 is 4.90 Å². The number of anilines is 2. The van der Waals surface area contributed by atoms with Gasteiger partial charge in [-0.1, -0.05) is 35.3 Å². The number of halogens is 3. The van der Waals surface area contributed by atoms with Crippen molar-refractivity contribution in [2.75, 3.05) is 4.90 Å². The van der Waals surface area contributed by atoms with Crippen molar-refractivity contribution in [1.29, 1.82) is 5.26 Å². The standard InChI is InChI=1S/C21H15Cl2FN4O/c1-12-11-26-20-27(15-7-16(22)18(24)17(23)8-15)19(29)21(2,28(12)20)9-13-3-5-14(10-25)6-4-13/h3-8,11H,9H2,1-2H3. The molecule has 4 rings (SSSR count). The summed E-state index contributed by atoms with van der Waals surface area (Å²) in [5.41, 5.74) is 1.65. The van der Waals surface area contributed by atoms with Crippen LogP contribution in [-0.2, 0) is 16.8 Å². The molecule has 8 heteroatoms. The van der Waals surface area contributed by atoms with Gasteiger partial charge in [-0.3, -0.25) is 9.36 Å². The molecule has 0 saturated carbocycles. The lowest BCUT2D eigenvalue weighted by molar-refractivity contribution is -0.124. The number of fused-ring (bicyclic) bond motifs is 1. The zero-order valence-corrected chi connectivity index (χ0v) is 17.1. The zero-order chi connectivity index (χ0) is 20.9. The molecular weight excluding hydrogens is 414 g/mol. The topological polar surface area (TPSA) is 61.9 Å². The monoisotopic (exact) mass is 428 g/mol. The van der Waals surface area contributed by atoms with Crippen molar-refractivity contribution in [1.82, 2.24) is 9.55 Å². The summed E-state index contributed by atoms with van der Waals surface area (Å²) in [5.74, 6) is -0.544. The number of amides is 1. The van der Waals surface area contributed by atoms with Gasteiger partial charge in [-0.15, -0.1) is 0 Å². The molecule has 29 heavy (non-hydrogen) atoms. The second-order valence-corrected chi connectivity index (χ2v) is 7.97. The Morgan fingerprint density at radius 2 is 1.83 bits per heavy atom. The van der Waals surface area contributed by atoms with Gasteiger partial charge in [0.2, 0.25) is 5.95 Å². The minimum atomic E-state index is -0.961. The highest BCUT2D eigenvalue weighted by Crippen LogP contribution is 2.43. The van der Waals surface area contributed by atoms with Crippen molar-refractivity contribution in [3.63, 3.8) is 0 Å². The Labute approximate surface area is 176 Å². The van der Waals surface area contributed by atoms with Gasteiger partial charge in [0.15, 0.2) is 5.82 Å². The van der Waals surface area contributed by atoms with Crippen molar-refractivity contribution in [2.24, 2.45) is 0 Å². The highest BCUT2D eigenvalue weighted by Gasteiger charge is 2.49. The third kappa shape index (κ3) is 2.98. The molecular formula is C21H15Cl2FN4O. The highest BCUT2D eigenvalue weighted by atomic mass is 35.5. The van der Waals surface area contributed by atoms with Crippen LogP contribution in [0, 0.1) is 24.1 Å². The van der Waals surface area contributed by atoms with Gasteiger partial charge in [0.1, 0.15) is 5.54 Å². The average Bonchev–Trinajstić information content (AvgIpc) is 3.17. The van der Waals surface area contributed by atoms with Crippen LogP contribution in [0.4, 0.5) is 16.0 Å². The summed E-state index contributed by atoms with van der Waals surface area (Å²) >= 11 is 11.9. The Bertz CT molecular complexity index is 1160. The van der Waals surface area contributed by atoms with Crippen LogP contribution in [0.5, 0.6) is 0 Å². The molecule has 146 valence electrons. The summed E-state index contributed by atoms with van der Waals surface area (Å²) in [4.78, 5) is 19.4. The number of carbonyl (C=O) groups excluding carboxylic acids is 1. The Morgan fingerprint density at radius 1 is 1.21 bits per heavy atom. The molecule has 0 fully saturated rings. The molecule has 0 bridgehead atoms. The van der Waals surface area contributed by atoms with Gasteiger partial charge in [-0.2, -0.15) is 5.26 Å². The fourth-order valence-corrected chi connectivity index (χ4v) is 4.25. The van der Waals surface area contributed by atoms with Gasteiger partial charge in [0.25, 0.3) is 5.91 Å². The molecule has 1 atom stereocenters. The lowest BCUT2D eigenvalue weighted by Gasteiger charge is -2.26. The number of aromatic nitrogens is 2. The fourth-order valence-electron chi connectivity index (χ4n) is 3.77. The maximum Gasteiger partial charge on any atom is 0.260 e. The number of hydrogen-bond donors (Lipinski definition) is 0. The van der Waals surface area contributed by atoms with Crippen molar-refractivity contribution < 1.29 is 9.18 Å². The summed E-state index contributed by atoms with van der Waals surface area (Å²) in [6.07, 6.45) is 2.07. The SMILES string of the molecule is Cc1cnc2n1C(C)(Cc1ccc(C#N)cc1)C(=O)N2c1cc(Cl)c(F)c(Cl)c1. The average molecular weight is 429 g/mol. The van der Waals surface area contributed by atoms with Crippen LogP contribution in [0.15, 0.2) is 42.6 Å². The van der Waals surface area contributed by atoms with Gasteiger partial charge < -0.3 is 0 Å². The van der Waals surface area contributed by atoms with Gasteiger partial charge in [0, 0.05) is 12.1 Å². The molecule has 1 amide bonds. The van der Waals surface area contributed by atoms with E-state index in [-0.39, 0.29) is 16.0 Å². The summed E-state index contributed by atoms with van der Waals surface area (Å²) in [6.45, 7) is 3.70. The lowest BCUT2D eigenvalue weighted by Crippen LogP contribution is -2.41. The Balaban J connectivity index is 1.82. The van der Waals surface area contributed by atoms with Crippen LogP contribution in [-0.4, -0.2) is 15.5 Å². The van der Waals surface area contributed by atoms with E-state index in [4.69, 9.17) is 28.5 Å². The van der Waals surface area contributed by atoms with Crippen LogP contribution in [0.3, 0.4) is 0 Å². The van der Waals surface area contributed by atoms with E-state index in [1.54, 1.807) is 18.3 Å². The Morgan fingerprint density at radius 3 is 2.41 bits per heavy atom. The van der Waals surface area contributed by atoms with Gasteiger partial charge >= 0.3 is 0 Å². The van der Waals surface area contributed by atoms with Crippen LogP contribution in [0.25, 0.3) is 0 Å². The first-order valence-corrected chi connectivity index (χ1v) is 9.55. The lowest BCUT2D eigenvalue weighted by atomic mass is 9.91. The third-order valence-corrected chi connectivity index (χ3v) is 5.69. The number of imidazole rings is 1. The Kier molecular flexibility index (Phi) is 4.60. The smallest absolute Gasteiger partial charge is 0.260 e. The van der Waals surface area contributed by atoms with E-state index in [0.29, 0.717) is 23.6 Å². The third-order valence-electron chi connectivity index (χ3n) is 5.14. The number of rotatable bonds is 3. The first-order chi connectivity index (χ1) is 13.8. The second-order valence-electron chi connectivity index (χ2n) is 7.16. The number of hydrogen-bond acceptors (Lipinski definition) is 3. The molecule has 1 aromatic heterocycles. The van der Waals surface area contributed by atoms with E-state index in [0.717, 1.165) is 11.3 Å². The van der Waals surface area contributed by atoms with Crippen molar-refractivity contribution in [3.8, 4) is 6.07 Å². The Hall–Kier alpha value is -2.88. The molecule has 1 aliphatic rings. The van der Waals surface area contributed by atoms with E-state index in [9.17, 15) is 9.18 Å². The molecule has 0 spiro atoms. The van der Waals surface area contributed by atoms with E-state index >= 15 is 0 Å². The molecule has 5 nitrogen and oxygen atoms in total. The largest absolute Gasteiger partial charge is 0.299 e. The number of nitriles is 1. The molecule has 0 aliphatic carbocycles. The number of nitrogens with zero attached hydrogens (tertiary/aromatic N) is 4. The summed E-state index contributed by atoms with van der Waals surface area (Å²) in [6, 6.07) is 11.9. The van der Waals surface area contributed by atoms with E-state index in [1.165, 1.54) is 17.0 Å². The summed E-state index contributed by atoms with van der Waals surface area (Å²) in [5, 5.41) is 8.66. The normalized spacial score (nSPS) is 18.1. The predicted molar refractivity (Wildman–Crippen MR) is 109 cm³/mol. The first kappa shape index (κ1) is 19.4. The molecule has 0 N–H and O–H groups in total. The minimum Gasteiger partial charge on any atom is -0.299 e. The predicted octanol–water partition coefficient (Wildman–Crippen LogP) is 5.15. The summed E-state index contributed by atoms with van der Waals surface area (Å²) < 4.78 is 15.7.